The Bertz CT molecular complexity index is 325. The fraction of sp³-hybridized carbons (Fsp3) is 0.500. The van der Waals surface area contributed by atoms with Crippen LogP contribution in [0, 0.1) is 0 Å². The van der Waals surface area contributed by atoms with Crippen LogP contribution in [0.25, 0.3) is 0 Å². The quantitative estimate of drug-likeness (QED) is 0.854. The Balaban J connectivity index is 2.91. The zero-order valence-electron chi connectivity index (χ0n) is 9.50. The molecule has 0 aromatic heterocycles. The highest BCUT2D eigenvalue weighted by Crippen LogP contribution is 2.27. The van der Waals surface area contributed by atoms with Crippen LogP contribution in [-0.2, 0) is 0 Å². The summed E-state index contributed by atoms with van der Waals surface area (Å²) in [7, 11) is 2.04. The van der Waals surface area contributed by atoms with Gasteiger partial charge in [-0.1, -0.05) is 24.6 Å². The van der Waals surface area contributed by atoms with E-state index in [0.29, 0.717) is 5.02 Å². The lowest BCUT2D eigenvalue weighted by atomic mass is 10.1. The lowest BCUT2D eigenvalue weighted by molar-refractivity contribution is 0.199. The molecule has 1 unspecified atom stereocenters. The second-order valence-electron chi connectivity index (χ2n) is 3.80. The number of anilines is 1. The highest BCUT2D eigenvalue weighted by Gasteiger charge is 2.08. The second kappa shape index (κ2) is 5.38. The third kappa shape index (κ3) is 3.11. The highest BCUT2D eigenvalue weighted by molar-refractivity contribution is 6.31. The molecule has 0 spiro atoms. The molecule has 0 saturated carbocycles. The van der Waals surface area contributed by atoms with Gasteiger partial charge in [-0.2, -0.15) is 0 Å². The molecule has 1 aromatic carbocycles. The molecule has 2 nitrogen and oxygen atoms in total. The van der Waals surface area contributed by atoms with E-state index in [1.165, 1.54) is 0 Å². The van der Waals surface area contributed by atoms with Gasteiger partial charge in [0.1, 0.15) is 0 Å². The van der Waals surface area contributed by atoms with Gasteiger partial charge < -0.3 is 10.0 Å². The lowest BCUT2D eigenvalue weighted by Crippen LogP contribution is -2.17. The van der Waals surface area contributed by atoms with Gasteiger partial charge in [0.15, 0.2) is 0 Å². The largest absolute Gasteiger partial charge is 0.389 e. The van der Waals surface area contributed by atoms with Gasteiger partial charge in [-0.15, -0.1) is 0 Å². The van der Waals surface area contributed by atoms with Crippen molar-refractivity contribution in [1.29, 1.82) is 0 Å². The summed E-state index contributed by atoms with van der Waals surface area (Å²) < 4.78 is 0. The van der Waals surface area contributed by atoms with Gasteiger partial charge in [0.25, 0.3) is 0 Å². The van der Waals surface area contributed by atoms with Crippen LogP contribution >= 0.6 is 11.6 Å². The Labute approximate surface area is 96.5 Å². The minimum Gasteiger partial charge on any atom is -0.389 e. The summed E-state index contributed by atoms with van der Waals surface area (Å²) in [5, 5.41) is 10.1. The Hall–Kier alpha value is -0.730. The second-order valence-corrected chi connectivity index (χ2v) is 4.21. The topological polar surface area (TPSA) is 23.5 Å². The van der Waals surface area contributed by atoms with Gasteiger partial charge in [0.2, 0.25) is 0 Å². The average Bonchev–Trinajstić information content (AvgIpc) is 2.17. The van der Waals surface area contributed by atoms with Crippen molar-refractivity contribution >= 4 is 17.3 Å². The molecule has 0 bridgehead atoms. The number of benzene rings is 1. The first kappa shape index (κ1) is 12.3. The van der Waals surface area contributed by atoms with E-state index < -0.39 is 6.10 Å². The van der Waals surface area contributed by atoms with Crippen LogP contribution in [0.2, 0.25) is 5.02 Å². The summed E-state index contributed by atoms with van der Waals surface area (Å²) >= 11 is 6.08. The van der Waals surface area contributed by atoms with Crippen LogP contribution in [0.15, 0.2) is 18.2 Å². The number of hydrogen-bond donors (Lipinski definition) is 1. The van der Waals surface area contributed by atoms with E-state index in [9.17, 15) is 5.11 Å². The van der Waals surface area contributed by atoms with E-state index in [1.807, 2.05) is 25.2 Å². The summed E-state index contributed by atoms with van der Waals surface area (Å²) in [4.78, 5) is 2.15. The van der Waals surface area contributed by atoms with Crippen molar-refractivity contribution in [2.45, 2.75) is 26.4 Å². The average molecular weight is 228 g/mol. The molecule has 84 valence electrons. The number of aliphatic hydroxyl groups excluding tert-OH is 1. The predicted molar refractivity (Wildman–Crippen MR) is 65.6 cm³/mol. The molecule has 0 radical (unpaired) electrons. The van der Waals surface area contributed by atoms with Crippen molar-refractivity contribution in [2.75, 3.05) is 18.5 Å². The first-order valence-corrected chi connectivity index (χ1v) is 5.62. The monoisotopic (exact) mass is 227 g/mol. The van der Waals surface area contributed by atoms with E-state index in [-0.39, 0.29) is 0 Å². The highest BCUT2D eigenvalue weighted by atomic mass is 35.5. The summed E-state index contributed by atoms with van der Waals surface area (Å²) in [6.45, 7) is 4.86. The predicted octanol–water partition coefficient (Wildman–Crippen LogP) is 3.24. The molecule has 1 aromatic rings. The zero-order chi connectivity index (χ0) is 11.4. The molecule has 0 aliphatic rings. The number of rotatable bonds is 4. The van der Waals surface area contributed by atoms with Crippen LogP contribution < -0.4 is 4.90 Å². The van der Waals surface area contributed by atoms with Crippen molar-refractivity contribution < 1.29 is 5.11 Å². The van der Waals surface area contributed by atoms with E-state index in [1.54, 1.807) is 6.92 Å². The molecule has 0 aliphatic heterocycles. The van der Waals surface area contributed by atoms with Gasteiger partial charge in [0.05, 0.1) is 6.10 Å². The van der Waals surface area contributed by atoms with Crippen LogP contribution in [0.3, 0.4) is 0 Å². The first-order valence-electron chi connectivity index (χ1n) is 5.25. The van der Waals surface area contributed by atoms with Crippen LogP contribution in [0.5, 0.6) is 0 Å². The maximum Gasteiger partial charge on any atom is 0.0776 e. The summed E-state index contributed by atoms with van der Waals surface area (Å²) in [5.74, 6) is 0. The third-order valence-electron chi connectivity index (χ3n) is 2.43. The molecule has 1 rings (SSSR count). The normalized spacial score (nSPS) is 12.6. The SMILES string of the molecule is CCCN(C)c1ccc(C(C)O)c(Cl)c1. The van der Waals surface area contributed by atoms with E-state index in [4.69, 9.17) is 11.6 Å². The van der Waals surface area contributed by atoms with Gasteiger partial charge in [-0.05, 0) is 31.0 Å². The van der Waals surface area contributed by atoms with Crippen LogP contribution in [0.4, 0.5) is 5.69 Å². The summed E-state index contributed by atoms with van der Waals surface area (Å²) in [6, 6.07) is 5.78. The van der Waals surface area contributed by atoms with Gasteiger partial charge in [-0.3, -0.25) is 0 Å². The van der Waals surface area contributed by atoms with Crippen molar-refractivity contribution in [1.82, 2.24) is 0 Å². The molecule has 1 atom stereocenters. The minimum atomic E-state index is -0.511. The standard InChI is InChI=1S/C12H18ClNO/c1-4-7-14(3)10-5-6-11(9(2)15)12(13)8-10/h5-6,8-9,15H,4,7H2,1-3H3. The van der Waals surface area contributed by atoms with E-state index in [2.05, 4.69) is 11.8 Å². The van der Waals surface area contributed by atoms with Crippen LogP contribution in [0.1, 0.15) is 31.9 Å². The van der Waals surface area contributed by atoms with Crippen LogP contribution in [-0.4, -0.2) is 18.7 Å². The molecule has 0 saturated heterocycles. The van der Waals surface area contributed by atoms with Crippen molar-refractivity contribution in [3.8, 4) is 0 Å². The number of aliphatic hydroxyl groups is 1. The van der Waals surface area contributed by atoms with Crippen molar-refractivity contribution in [3.05, 3.63) is 28.8 Å². The molecule has 0 heterocycles. The molecular weight excluding hydrogens is 210 g/mol. The number of nitrogens with zero attached hydrogens (tertiary/aromatic N) is 1. The summed E-state index contributed by atoms with van der Waals surface area (Å²) in [6.07, 6.45) is 0.592. The molecule has 1 N–H and O–H groups in total. The Morgan fingerprint density at radius 1 is 1.47 bits per heavy atom. The molecule has 3 heteroatoms. The van der Waals surface area contributed by atoms with Crippen molar-refractivity contribution in [3.63, 3.8) is 0 Å². The number of halogens is 1. The number of hydrogen-bond acceptors (Lipinski definition) is 2. The Morgan fingerprint density at radius 2 is 2.13 bits per heavy atom. The third-order valence-corrected chi connectivity index (χ3v) is 2.76. The lowest BCUT2D eigenvalue weighted by Gasteiger charge is -2.19. The fourth-order valence-electron chi connectivity index (χ4n) is 1.56. The van der Waals surface area contributed by atoms with Crippen molar-refractivity contribution in [2.24, 2.45) is 0 Å². The molecule has 15 heavy (non-hydrogen) atoms. The Morgan fingerprint density at radius 3 is 2.60 bits per heavy atom. The van der Waals surface area contributed by atoms with E-state index in [0.717, 1.165) is 24.2 Å². The Kier molecular flexibility index (Phi) is 4.43. The summed E-state index contributed by atoms with van der Waals surface area (Å²) in [5.41, 5.74) is 1.87. The maximum atomic E-state index is 9.44. The fourth-order valence-corrected chi connectivity index (χ4v) is 1.89. The molecular formula is C12H18ClNO. The zero-order valence-corrected chi connectivity index (χ0v) is 10.3. The van der Waals surface area contributed by atoms with E-state index >= 15 is 0 Å². The van der Waals surface area contributed by atoms with Gasteiger partial charge in [-0.25, -0.2) is 0 Å². The smallest absolute Gasteiger partial charge is 0.0776 e. The molecule has 0 fully saturated rings. The first-order chi connectivity index (χ1) is 7.06. The maximum absolute atomic E-state index is 9.44. The van der Waals surface area contributed by atoms with Gasteiger partial charge >= 0.3 is 0 Å². The minimum absolute atomic E-state index is 0.511. The molecule has 0 aliphatic carbocycles. The van der Waals surface area contributed by atoms with Gasteiger partial charge in [0, 0.05) is 24.3 Å². The molecule has 0 amide bonds.